The third kappa shape index (κ3) is 2.86. The molecule has 0 fully saturated rings. The summed E-state index contributed by atoms with van der Waals surface area (Å²) in [6.45, 7) is 0. The van der Waals surface area contributed by atoms with E-state index < -0.39 is 0 Å². The number of furan rings is 1. The molecule has 0 bridgehead atoms. The highest BCUT2D eigenvalue weighted by atomic mass is 35.5. The highest BCUT2D eigenvalue weighted by molar-refractivity contribution is 6.30. The molecule has 76 valence electrons. The first-order chi connectivity index (χ1) is 7.34. The Hall–Kier alpha value is -1.74. The van der Waals surface area contributed by atoms with Crippen LogP contribution in [-0.2, 0) is 0 Å². The number of rotatable bonds is 3. The molecule has 0 saturated carbocycles. The van der Waals surface area contributed by atoms with Crippen LogP contribution in [-0.4, -0.2) is 6.21 Å². The summed E-state index contributed by atoms with van der Waals surface area (Å²) in [7, 11) is 0. The van der Waals surface area contributed by atoms with Gasteiger partial charge in [0, 0.05) is 5.02 Å². The predicted molar refractivity (Wildman–Crippen MR) is 61.4 cm³/mol. The van der Waals surface area contributed by atoms with E-state index in [0.29, 0.717) is 10.8 Å². The summed E-state index contributed by atoms with van der Waals surface area (Å²) < 4.78 is 5.08. The van der Waals surface area contributed by atoms with Crippen molar-refractivity contribution >= 4 is 23.5 Å². The second-order valence-electron chi connectivity index (χ2n) is 2.90. The highest BCUT2D eigenvalue weighted by Crippen LogP contribution is 2.14. The predicted octanol–water partition coefficient (Wildman–Crippen LogP) is 3.38. The van der Waals surface area contributed by atoms with Crippen molar-refractivity contribution in [3.63, 3.8) is 0 Å². The van der Waals surface area contributed by atoms with Gasteiger partial charge in [-0.05, 0) is 30.3 Å². The van der Waals surface area contributed by atoms with Crippen molar-refractivity contribution in [3.8, 4) is 0 Å². The van der Waals surface area contributed by atoms with Gasteiger partial charge in [0.15, 0.2) is 0 Å². The number of hydrazone groups is 1. The molecule has 2 rings (SSSR count). The van der Waals surface area contributed by atoms with Gasteiger partial charge in [0.1, 0.15) is 5.76 Å². The van der Waals surface area contributed by atoms with Gasteiger partial charge >= 0.3 is 0 Å². The van der Waals surface area contributed by atoms with E-state index in [4.69, 9.17) is 16.0 Å². The number of nitrogens with zero attached hydrogens (tertiary/aromatic N) is 1. The summed E-state index contributed by atoms with van der Waals surface area (Å²) in [6, 6.07) is 11.0. The molecule has 3 nitrogen and oxygen atoms in total. The molecule has 0 aliphatic rings. The van der Waals surface area contributed by atoms with Crippen LogP contribution in [0.5, 0.6) is 0 Å². The van der Waals surface area contributed by atoms with Gasteiger partial charge < -0.3 is 4.42 Å². The van der Waals surface area contributed by atoms with E-state index in [9.17, 15) is 0 Å². The Bertz CT molecular complexity index is 451. The lowest BCUT2D eigenvalue weighted by molar-refractivity contribution is 0.560. The smallest absolute Gasteiger partial charge is 0.146 e. The van der Waals surface area contributed by atoms with Crippen LogP contribution in [0.4, 0.5) is 5.69 Å². The quantitative estimate of drug-likeness (QED) is 0.636. The van der Waals surface area contributed by atoms with Crippen LogP contribution in [0, 0.1) is 0 Å². The number of nitrogens with one attached hydrogen (secondary N) is 1. The maximum Gasteiger partial charge on any atom is 0.146 e. The molecule has 1 aromatic heterocycles. The minimum absolute atomic E-state index is 0.674. The highest BCUT2D eigenvalue weighted by Gasteiger charge is 1.91. The van der Waals surface area contributed by atoms with Gasteiger partial charge in [0.2, 0.25) is 0 Å². The molecule has 0 spiro atoms. The summed E-state index contributed by atoms with van der Waals surface area (Å²) in [5, 5.41) is 4.67. The lowest BCUT2D eigenvalue weighted by atomic mass is 10.3. The van der Waals surface area contributed by atoms with Gasteiger partial charge in [-0.1, -0.05) is 17.7 Å². The van der Waals surface area contributed by atoms with Crippen molar-refractivity contribution in [2.45, 2.75) is 0 Å². The summed E-state index contributed by atoms with van der Waals surface area (Å²) in [6.07, 6.45) is 3.20. The van der Waals surface area contributed by atoms with Crippen molar-refractivity contribution in [2.24, 2.45) is 5.10 Å². The molecule has 0 unspecified atom stereocenters. The monoisotopic (exact) mass is 220 g/mol. The van der Waals surface area contributed by atoms with Gasteiger partial charge in [-0.25, -0.2) is 0 Å². The molecule has 0 radical (unpaired) electrons. The summed E-state index contributed by atoms with van der Waals surface area (Å²) >= 11 is 5.81. The van der Waals surface area contributed by atoms with Crippen LogP contribution in [0.1, 0.15) is 5.76 Å². The Morgan fingerprint density at radius 1 is 1.27 bits per heavy atom. The summed E-state index contributed by atoms with van der Waals surface area (Å²) in [5.41, 5.74) is 3.69. The zero-order valence-electron chi connectivity index (χ0n) is 7.85. The average Bonchev–Trinajstić information content (AvgIpc) is 2.71. The molecule has 1 aromatic carbocycles. The first kappa shape index (κ1) is 9.80. The summed E-state index contributed by atoms with van der Waals surface area (Å²) in [5.74, 6) is 0.699. The molecule has 0 aliphatic carbocycles. The van der Waals surface area contributed by atoms with Gasteiger partial charge in [0.05, 0.1) is 18.2 Å². The Morgan fingerprint density at radius 2 is 2.20 bits per heavy atom. The number of benzene rings is 1. The van der Waals surface area contributed by atoms with Crippen molar-refractivity contribution < 1.29 is 4.42 Å². The molecule has 0 amide bonds. The number of hydrogen-bond acceptors (Lipinski definition) is 3. The first-order valence-electron chi connectivity index (χ1n) is 4.43. The zero-order chi connectivity index (χ0) is 10.5. The van der Waals surface area contributed by atoms with Crippen LogP contribution >= 0.6 is 11.6 Å². The summed E-state index contributed by atoms with van der Waals surface area (Å²) in [4.78, 5) is 0. The molecule has 0 atom stereocenters. The fraction of sp³-hybridized carbons (Fsp3) is 0. The fourth-order valence-corrected chi connectivity index (χ4v) is 1.28. The molecule has 2 aromatic rings. The van der Waals surface area contributed by atoms with Crippen molar-refractivity contribution in [1.82, 2.24) is 0 Å². The Kier molecular flexibility index (Phi) is 3.05. The van der Waals surface area contributed by atoms with Crippen molar-refractivity contribution in [2.75, 3.05) is 5.43 Å². The van der Waals surface area contributed by atoms with E-state index >= 15 is 0 Å². The fourth-order valence-electron chi connectivity index (χ4n) is 1.09. The molecule has 4 heteroatoms. The molecule has 1 N–H and O–H groups in total. The molecule has 1 heterocycles. The van der Waals surface area contributed by atoms with Gasteiger partial charge in [-0.3, -0.25) is 5.43 Å². The number of anilines is 1. The van der Waals surface area contributed by atoms with E-state index in [1.807, 2.05) is 24.3 Å². The third-order valence-corrected chi connectivity index (χ3v) is 1.99. The number of halogens is 1. The van der Waals surface area contributed by atoms with Crippen LogP contribution in [0.15, 0.2) is 52.2 Å². The maximum atomic E-state index is 5.81. The van der Waals surface area contributed by atoms with Gasteiger partial charge in [-0.2, -0.15) is 5.10 Å². The molecule has 15 heavy (non-hydrogen) atoms. The lowest BCUT2D eigenvalue weighted by Crippen LogP contribution is -1.88. The lowest BCUT2D eigenvalue weighted by Gasteiger charge is -1.98. The van der Waals surface area contributed by atoms with Crippen LogP contribution in [0.25, 0.3) is 0 Å². The number of hydrogen-bond donors (Lipinski definition) is 1. The van der Waals surface area contributed by atoms with Crippen LogP contribution < -0.4 is 5.43 Å². The Labute approximate surface area is 92.4 Å². The average molecular weight is 221 g/mol. The topological polar surface area (TPSA) is 37.5 Å². The largest absolute Gasteiger partial charge is 0.463 e. The normalized spacial score (nSPS) is 10.7. The van der Waals surface area contributed by atoms with E-state index in [2.05, 4.69) is 10.5 Å². The van der Waals surface area contributed by atoms with E-state index in [1.54, 1.807) is 24.6 Å². The SMILES string of the molecule is Clc1cccc(N/N=C\c2ccco2)c1. The molecular weight excluding hydrogens is 212 g/mol. The maximum absolute atomic E-state index is 5.81. The van der Waals surface area contributed by atoms with E-state index in [0.717, 1.165) is 5.69 Å². The van der Waals surface area contributed by atoms with Crippen molar-refractivity contribution in [1.29, 1.82) is 0 Å². The molecule has 0 aliphatic heterocycles. The van der Waals surface area contributed by atoms with Crippen LogP contribution in [0.2, 0.25) is 5.02 Å². The third-order valence-electron chi connectivity index (χ3n) is 1.75. The minimum Gasteiger partial charge on any atom is -0.463 e. The Balaban J connectivity index is 1.99. The first-order valence-corrected chi connectivity index (χ1v) is 4.80. The molecule has 0 saturated heterocycles. The second kappa shape index (κ2) is 4.66. The van der Waals surface area contributed by atoms with Gasteiger partial charge in [-0.15, -0.1) is 0 Å². The zero-order valence-corrected chi connectivity index (χ0v) is 8.61. The van der Waals surface area contributed by atoms with Crippen LogP contribution in [0.3, 0.4) is 0 Å². The van der Waals surface area contributed by atoms with Crippen molar-refractivity contribution in [3.05, 3.63) is 53.4 Å². The van der Waals surface area contributed by atoms with E-state index in [-0.39, 0.29) is 0 Å². The van der Waals surface area contributed by atoms with E-state index in [1.165, 1.54) is 0 Å². The Morgan fingerprint density at radius 3 is 2.93 bits per heavy atom. The van der Waals surface area contributed by atoms with Gasteiger partial charge in [0.25, 0.3) is 0 Å². The molecular formula is C11H9ClN2O. The minimum atomic E-state index is 0.674. The second-order valence-corrected chi connectivity index (χ2v) is 3.33. The standard InChI is InChI=1S/C11H9ClN2O/c12-9-3-1-4-10(7-9)14-13-8-11-5-2-6-15-11/h1-8,14H/b13-8-.